The fraction of sp³-hybridized carbons (Fsp3) is 0.385. The summed E-state index contributed by atoms with van der Waals surface area (Å²) in [5, 5.41) is 8.58. The van der Waals surface area contributed by atoms with Crippen molar-refractivity contribution >= 4 is 5.69 Å². The quantitative estimate of drug-likeness (QED) is 0.366. The van der Waals surface area contributed by atoms with Crippen LogP contribution in [0.15, 0.2) is 36.7 Å². The number of hydrogen-bond acceptors (Lipinski definition) is 7. The molecule has 12 heteroatoms. The zero-order valence-electron chi connectivity index (χ0n) is 21.2. The van der Waals surface area contributed by atoms with Gasteiger partial charge in [0, 0.05) is 55.5 Å². The van der Waals surface area contributed by atoms with Gasteiger partial charge in [-0.15, -0.1) is 0 Å². The van der Waals surface area contributed by atoms with E-state index in [2.05, 4.69) is 20.0 Å². The van der Waals surface area contributed by atoms with E-state index >= 15 is 0 Å². The minimum atomic E-state index is -4.56. The van der Waals surface area contributed by atoms with Crippen LogP contribution in [0.3, 0.4) is 0 Å². The first-order valence-electron chi connectivity index (χ1n) is 12.3. The predicted octanol–water partition coefficient (Wildman–Crippen LogP) is 4.54. The van der Waals surface area contributed by atoms with Crippen molar-refractivity contribution in [2.75, 3.05) is 25.7 Å². The Hall–Kier alpha value is -4.09. The predicted molar refractivity (Wildman–Crippen MR) is 133 cm³/mol. The summed E-state index contributed by atoms with van der Waals surface area (Å²) >= 11 is 0. The summed E-state index contributed by atoms with van der Waals surface area (Å²) in [5.41, 5.74) is 5.34. The lowest BCUT2D eigenvalue weighted by Gasteiger charge is -2.30. The molecule has 4 heterocycles. The maximum atomic E-state index is 13.2. The highest BCUT2D eigenvalue weighted by atomic mass is 19.4. The van der Waals surface area contributed by atoms with Crippen LogP contribution in [0.4, 0.5) is 18.9 Å². The average Bonchev–Trinajstić information content (AvgIpc) is 3.59. The van der Waals surface area contributed by atoms with Gasteiger partial charge < -0.3 is 14.4 Å². The molecule has 3 aromatic heterocycles. The Morgan fingerprint density at radius 2 is 1.71 bits per heavy atom. The first-order valence-corrected chi connectivity index (χ1v) is 12.3. The van der Waals surface area contributed by atoms with Gasteiger partial charge in [0.1, 0.15) is 12.0 Å². The van der Waals surface area contributed by atoms with Crippen molar-refractivity contribution in [2.24, 2.45) is 7.05 Å². The van der Waals surface area contributed by atoms with Crippen molar-refractivity contribution < 1.29 is 22.6 Å². The molecule has 6 rings (SSSR count). The smallest absolute Gasteiger partial charge is 0.435 e. The molecule has 0 bridgehead atoms. The standard InChI is InChI=1S/C26H26F3N7O2/c1-34-19-10-11-35(13-18(19)24(33-34)22-23(15-4-5-15)30-14-31-25(22)38-3)16-6-8-17(9-7-16)36-21(37-2)12-20(32-36)26(27,28)29/h6-9,12,14-15H,4-5,10-11,13H2,1-3H3. The highest BCUT2D eigenvalue weighted by Gasteiger charge is 2.36. The normalized spacial score (nSPS) is 15.5. The Bertz CT molecular complexity index is 1490. The number of nitrogens with zero attached hydrogens (tertiary/aromatic N) is 7. The second-order valence-electron chi connectivity index (χ2n) is 9.48. The number of aryl methyl sites for hydroxylation is 1. The minimum absolute atomic E-state index is 0.0122. The van der Waals surface area contributed by atoms with Crippen molar-refractivity contribution in [1.82, 2.24) is 29.5 Å². The van der Waals surface area contributed by atoms with Crippen molar-refractivity contribution in [2.45, 2.75) is 37.9 Å². The molecule has 9 nitrogen and oxygen atoms in total. The molecule has 0 N–H and O–H groups in total. The second-order valence-corrected chi connectivity index (χ2v) is 9.48. The first kappa shape index (κ1) is 24.3. The summed E-state index contributed by atoms with van der Waals surface area (Å²) in [4.78, 5) is 11.2. The Labute approximate surface area is 216 Å². The molecular formula is C26H26F3N7O2. The third-order valence-corrected chi connectivity index (χ3v) is 7.11. The van der Waals surface area contributed by atoms with E-state index in [4.69, 9.17) is 14.6 Å². The van der Waals surface area contributed by atoms with Gasteiger partial charge >= 0.3 is 6.18 Å². The summed E-state index contributed by atoms with van der Waals surface area (Å²) in [6.45, 7) is 1.38. The Morgan fingerprint density at radius 1 is 0.974 bits per heavy atom. The van der Waals surface area contributed by atoms with E-state index in [1.54, 1.807) is 25.6 Å². The molecule has 0 unspecified atom stereocenters. The largest absolute Gasteiger partial charge is 0.481 e. The zero-order chi connectivity index (χ0) is 26.6. The molecule has 0 atom stereocenters. The number of fused-ring (bicyclic) bond motifs is 1. The van der Waals surface area contributed by atoms with E-state index in [9.17, 15) is 13.2 Å². The van der Waals surface area contributed by atoms with Crippen LogP contribution in [0.2, 0.25) is 0 Å². The molecule has 0 saturated heterocycles. The summed E-state index contributed by atoms with van der Waals surface area (Å²) in [7, 11) is 4.88. The first-order chi connectivity index (χ1) is 18.3. The molecule has 0 spiro atoms. The highest BCUT2D eigenvalue weighted by molar-refractivity contribution is 5.73. The van der Waals surface area contributed by atoms with Crippen LogP contribution >= 0.6 is 0 Å². The van der Waals surface area contributed by atoms with Gasteiger partial charge in [-0.05, 0) is 37.1 Å². The van der Waals surface area contributed by atoms with Crippen LogP contribution in [0.5, 0.6) is 11.8 Å². The number of halogens is 3. The van der Waals surface area contributed by atoms with Crippen molar-refractivity contribution in [3.63, 3.8) is 0 Å². The van der Waals surface area contributed by atoms with Gasteiger partial charge in [0.25, 0.3) is 0 Å². The monoisotopic (exact) mass is 525 g/mol. The van der Waals surface area contributed by atoms with Gasteiger partial charge in [0.2, 0.25) is 11.8 Å². The number of methoxy groups -OCH3 is 2. The van der Waals surface area contributed by atoms with Gasteiger partial charge in [-0.3, -0.25) is 4.68 Å². The summed E-state index contributed by atoms with van der Waals surface area (Å²) < 4.78 is 53.4. The lowest BCUT2D eigenvalue weighted by molar-refractivity contribution is -0.141. The minimum Gasteiger partial charge on any atom is -0.481 e. The third kappa shape index (κ3) is 4.13. The molecule has 4 aromatic rings. The Balaban J connectivity index is 1.32. The molecule has 1 aliphatic carbocycles. The van der Waals surface area contributed by atoms with Crippen LogP contribution < -0.4 is 14.4 Å². The number of alkyl halides is 3. The molecule has 2 aliphatic rings. The number of rotatable bonds is 6. The Morgan fingerprint density at radius 3 is 2.37 bits per heavy atom. The Kier molecular flexibility index (Phi) is 5.77. The van der Waals surface area contributed by atoms with Crippen molar-refractivity contribution in [1.29, 1.82) is 0 Å². The number of aromatic nitrogens is 6. The van der Waals surface area contributed by atoms with E-state index < -0.39 is 11.9 Å². The van der Waals surface area contributed by atoms with Gasteiger partial charge in [-0.25, -0.2) is 14.6 Å². The lowest BCUT2D eigenvalue weighted by atomic mass is 9.98. The molecular weight excluding hydrogens is 499 g/mol. The maximum Gasteiger partial charge on any atom is 0.435 e. The van der Waals surface area contributed by atoms with E-state index in [0.29, 0.717) is 24.0 Å². The topological polar surface area (TPSA) is 83.1 Å². The van der Waals surface area contributed by atoms with Crippen molar-refractivity contribution in [3.8, 4) is 28.7 Å². The van der Waals surface area contributed by atoms with Crippen molar-refractivity contribution in [3.05, 3.63) is 59.3 Å². The van der Waals surface area contributed by atoms with Crippen LogP contribution in [0, 0.1) is 0 Å². The second kappa shape index (κ2) is 9.03. The zero-order valence-corrected chi connectivity index (χ0v) is 21.2. The van der Waals surface area contributed by atoms with E-state index in [1.165, 1.54) is 7.11 Å². The van der Waals surface area contributed by atoms with Crippen LogP contribution in [0.25, 0.3) is 16.9 Å². The summed E-state index contributed by atoms with van der Waals surface area (Å²) in [6.07, 6.45) is -0.0433. The maximum absolute atomic E-state index is 13.2. The molecule has 1 saturated carbocycles. The highest BCUT2D eigenvalue weighted by Crippen LogP contribution is 2.46. The lowest BCUT2D eigenvalue weighted by Crippen LogP contribution is -2.31. The van der Waals surface area contributed by atoms with E-state index in [1.807, 2.05) is 23.9 Å². The molecule has 1 aromatic carbocycles. The molecule has 198 valence electrons. The van der Waals surface area contributed by atoms with Crippen LogP contribution in [0.1, 0.15) is 41.4 Å². The van der Waals surface area contributed by atoms with Gasteiger partial charge in [0.15, 0.2) is 5.69 Å². The molecule has 1 fully saturated rings. The number of ether oxygens (including phenoxy) is 2. The third-order valence-electron chi connectivity index (χ3n) is 7.11. The van der Waals surface area contributed by atoms with Gasteiger partial charge in [0.05, 0.1) is 31.2 Å². The molecule has 0 amide bonds. The molecule has 1 aliphatic heterocycles. The fourth-order valence-corrected chi connectivity index (χ4v) is 5.08. The number of anilines is 1. The van der Waals surface area contributed by atoms with E-state index in [-0.39, 0.29) is 5.88 Å². The van der Waals surface area contributed by atoms with Crippen LogP contribution in [-0.2, 0) is 26.2 Å². The molecule has 38 heavy (non-hydrogen) atoms. The molecule has 0 radical (unpaired) electrons. The SMILES string of the molecule is COc1ncnc(C2CC2)c1-c1nn(C)c2c1CN(c1ccc(-n3nc(C(F)(F)F)cc3OC)cc1)CC2. The van der Waals surface area contributed by atoms with Gasteiger partial charge in [-0.1, -0.05) is 0 Å². The average molecular weight is 526 g/mol. The fourth-order valence-electron chi connectivity index (χ4n) is 5.08. The number of benzene rings is 1. The van der Waals surface area contributed by atoms with E-state index in [0.717, 1.165) is 70.5 Å². The van der Waals surface area contributed by atoms with Crippen LogP contribution in [-0.4, -0.2) is 50.3 Å². The number of hydrogen-bond donors (Lipinski definition) is 0. The summed E-state index contributed by atoms with van der Waals surface area (Å²) in [6, 6.07) is 8.13. The van der Waals surface area contributed by atoms with Gasteiger partial charge in [-0.2, -0.15) is 23.4 Å². The summed E-state index contributed by atoms with van der Waals surface area (Å²) in [5.74, 6) is 0.929.